The summed E-state index contributed by atoms with van der Waals surface area (Å²) in [5.74, 6) is -1.36. The van der Waals surface area contributed by atoms with Crippen LogP contribution in [0.2, 0.25) is 0 Å². The monoisotopic (exact) mass is 233 g/mol. The van der Waals surface area contributed by atoms with Crippen LogP contribution in [0, 0.1) is 5.92 Å². The number of hydrogen-bond acceptors (Lipinski definition) is 3. The van der Waals surface area contributed by atoms with Crippen molar-refractivity contribution < 1.29 is 14.3 Å². The lowest BCUT2D eigenvalue weighted by atomic mass is 10.0. The van der Waals surface area contributed by atoms with Crippen LogP contribution in [-0.2, 0) is 14.3 Å². The highest BCUT2D eigenvalue weighted by atomic mass is 16.6. The molecule has 2 atom stereocenters. The Labute approximate surface area is 100.0 Å². The normalized spacial score (nSPS) is 23.2. The van der Waals surface area contributed by atoms with Crippen LogP contribution in [0.25, 0.3) is 0 Å². The molecule has 0 bridgehead atoms. The third kappa shape index (κ3) is 2.64. The number of anilines is 1. The fourth-order valence-corrected chi connectivity index (χ4v) is 1.87. The van der Waals surface area contributed by atoms with Crippen molar-refractivity contribution in [1.29, 1.82) is 0 Å². The van der Waals surface area contributed by atoms with Gasteiger partial charge in [0.2, 0.25) is 5.91 Å². The van der Waals surface area contributed by atoms with Crippen LogP contribution < -0.4 is 5.32 Å². The first-order valence-corrected chi connectivity index (χ1v) is 5.77. The first kappa shape index (κ1) is 11.6. The highest BCUT2D eigenvalue weighted by Crippen LogP contribution is 2.24. The number of esters is 1. The molecule has 1 aromatic rings. The highest BCUT2D eigenvalue weighted by Gasteiger charge is 2.38. The topological polar surface area (TPSA) is 55.4 Å². The van der Waals surface area contributed by atoms with E-state index in [2.05, 4.69) is 5.32 Å². The van der Waals surface area contributed by atoms with Crippen LogP contribution in [0.15, 0.2) is 30.3 Å². The van der Waals surface area contributed by atoms with E-state index >= 15 is 0 Å². The van der Waals surface area contributed by atoms with Gasteiger partial charge in [0.15, 0.2) is 0 Å². The van der Waals surface area contributed by atoms with Gasteiger partial charge in [-0.2, -0.15) is 0 Å². The summed E-state index contributed by atoms with van der Waals surface area (Å²) < 4.78 is 5.08. The second kappa shape index (κ2) is 4.99. The van der Waals surface area contributed by atoms with Gasteiger partial charge in [-0.3, -0.25) is 9.59 Å². The van der Waals surface area contributed by atoms with Crippen molar-refractivity contribution in [2.75, 3.05) is 5.32 Å². The molecule has 17 heavy (non-hydrogen) atoms. The minimum absolute atomic E-state index is 0.117. The standard InChI is InChI=1S/C13H15NO3/c1-2-10-8-11(13(16)17-10)12(15)14-9-6-4-3-5-7-9/h3-7,10-11H,2,8H2,1H3,(H,14,15)/t10-,11+/m1/s1. The average molecular weight is 233 g/mol. The number of ether oxygens (including phenoxy) is 1. The lowest BCUT2D eigenvalue weighted by molar-refractivity contribution is -0.146. The van der Waals surface area contributed by atoms with Crippen molar-refractivity contribution in [1.82, 2.24) is 0 Å². The highest BCUT2D eigenvalue weighted by molar-refractivity contribution is 6.05. The molecule has 90 valence electrons. The van der Waals surface area contributed by atoms with Gasteiger partial charge in [-0.1, -0.05) is 25.1 Å². The second-order valence-electron chi connectivity index (χ2n) is 4.11. The quantitative estimate of drug-likeness (QED) is 0.641. The molecule has 0 aliphatic carbocycles. The van der Waals surface area contributed by atoms with Crippen molar-refractivity contribution in [3.63, 3.8) is 0 Å². The molecule has 1 amide bonds. The van der Waals surface area contributed by atoms with Crippen LogP contribution in [0.4, 0.5) is 5.69 Å². The van der Waals surface area contributed by atoms with E-state index in [1.54, 1.807) is 12.1 Å². The summed E-state index contributed by atoms with van der Waals surface area (Å²) in [4.78, 5) is 23.4. The van der Waals surface area contributed by atoms with Gasteiger partial charge in [-0.05, 0) is 18.6 Å². The van der Waals surface area contributed by atoms with Gasteiger partial charge in [0.25, 0.3) is 0 Å². The van der Waals surface area contributed by atoms with Crippen LogP contribution in [0.3, 0.4) is 0 Å². The molecule has 1 N–H and O–H groups in total. The van der Waals surface area contributed by atoms with E-state index in [-0.39, 0.29) is 12.0 Å². The maximum atomic E-state index is 11.9. The van der Waals surface area contributed by atoms with E-state index in [4.69, 9.17) is 4.74 Å². The number of cyclic esters (lactones) is 1. The molecule has 4 nitrogen and oxygen atoms in total. The van der Waals surface area contributed by atoms with Crippen LogP contribution in [-0.4, -0.2) is 18.0 Å². The van der Waals surface area contributed by atoms with E-state index in [1.165, 1.54) is 0 Å². The van der Waals surface area contributed by atoms with E-state index < -0.39 is 11.9 Å². The number of benzene rings is 1. The van der Waals surface area contributed by atoms with Gasteiger partial charge in [0.1, 0.15) is 12.0 Å². The van der Waals surface area contributed by atoms with Gasteiger partial charge < -0.3 is 10.1 Å². The van der Waals surface area contributed by atoms with Crippen molar-refractivity contribution in [2.24, 2.45) is 5.92 Å². The number of carbonyl (C=O) groups excluding carboxylic acids is 2. The van der Waals surface area contributed by atoms with Crippen molar-refractivity contribution in [3.05, 3.63) is 30.3 Å². The second-order valence-corrected chi connectivity index (χ2v) is 4.11. The van der Waals surface area contributed by atoms with Gasteiger partial charge in [0, 0.05) is 12.1 Å². The molecule has 1 saturated heterocycles. The maximum absolute atomic E-state index is 11.9. The minimum Gasteiger partial charge on any atom is -0.462 e. The molecule has 0 aromatic heterocycles. The zero-order valence-corrected chi connectivity index (χ0v) is 9.68. The molecule has 0 unspecified atom stereocenters. The number of rotatable bonds is 3. The van der Waals surface area contributed by atoms with Crippen LogP contribution in [0.5, 0.6) is 0 Å². The lowest BCUT2D eigenvalue weighted by Gasteiger charge is -2.07. The molecular formula is C13H15NO3. The third-order valence-corrected chi connectivity index (χ3v) is 2.88. The average Bonchev–Trinajstić information content (AvgIpc) is 2.72. The Balaban J connectivity index is 1.99. The van der Waals surface area contributed by atoms with Crippen molar-refractivity contribution in [2.45, 2.75) is 25.9 Å². The number of nitrogens with one attached hydrogen (secondary N) is 1. The smallest absolute Gasteiger partial charge is 0.318 e. The molecule has 2 rings (SSSR count). The van der Waals surface area contributed by atoms with E-state index in [0.717, 1.165) is 6.42 Å². The van der Waals surface area contributed by atoms with Crippen LogP contribution >= 0.6 is 0 Å². The van der Waals surface area contributed by atoms with Gasteiger partial charge in [-0.15, -0.1) is 0 Å². The lowest BCUT2D eigenvalue weighted by Crippen LogP contribution is -2.26. The number of para-hydroxylation sites is 1. The summed E-state index contributed by atoms with van der Waals surface area (Å²) in [6.45, 7) is 1.94. The summed E-state index contributed by atoms with van der Waals surface area (Å²) in [7, 11) is 0. The third-order valence-electron chi connectivity index (χ3n) is 2.88. The summed E-state index contributed by atoms with van der Waals surface area (Å²) in [5, 5.41) is 2.72. The fourth-order valence-electron chi connectivity index (χ4n) is 1.87. The van der Waals surface area contributed by atoms with E-state index in [0.29, 0.717) is 12.1 Å². The summed E-state index contributed by atoms with van der Waals surface area (Å²) in [5.41, 5.74) is 0.699. The first-order chi connectivity index (χ1) is 8.20. The largest absolute Gasteiger partial charge is 0.462 e. The molecule has 0 spiro atoms. The summed E-state index contributed by atoms with van der Waals surface area (Å²) in [6.07, 6.45) is 1.11. The Morgan fingerprint density at radius 2 is 2.12 bits per heavy atom. The molecule has 0 radical (unpaired) electrons. The summed E-state index contributed by atoms with van der Waals surface area (Å²) in [6, 6.07) is 9.10. The molecule has 1 aromatic carbocycles. The number of hydrogen-bond donors (Lipinski definition) is 1. The molecule has 1 aliphatic heterocycles. The van der Waals surface area contributed by atoms with Crippen molar-refractivity contribution in [3.8, 4) is 0 Å². The number of carbonyl (C=O) groups is 2. The Morgan fingerprint density at radius 1 is 1.41 bits per heavy atom. The van der Waals surface area contributed by atoms with Gasteiger partial charge >= 0.3 is 5.97 Å². The van der Waals surface area contributed by atoms with Crippen molar-refractivity contribution >= 4 is 17.6 Å². The Kier molecular flexibility index (Phi) is 3.42. The van der Waals surface area contributed by atoms with Crippen LogP contribution in [0.1, 0.15) is 19.8 Å². The SMILES string of the molecule is CC[C@@H]1C[C@@H](C(=O)Nc2ccccc2)C(=O)O1. The Hall–Kier alpha value is -1.84. The fraction of sp³-hybridized carbons (Fsp3) is 0.385. The van der Waals surface area contributed by atoms with Gasteiger partial charge in [0.05, 0.1) is 0 Å². The van der Waals surface area contributed by atoms with Gasteiger partial charge in [-0.25, -0.2) is 0 Å². The van der Waals surface area contributed by atoms with E-state index in [9.17, 15) is 9.59 Å². The molecule has 1 aliphatic rings. The number of amides is 1. The molecule has 4 heteroatoms. The molecule has 0 saturated carbocycles. The zero-order chi connectivity index (χ0) is 12.3. The minimum atomic E-state index is -0.667. The Bertz CT molecular complexity index is 416. The Morgan fingerprint density at radius 3 is 2.71 bits per heavy atom. The molecule has 1 heterocycles. The summed E-state index contributed by atoms with van der Waals surface area (Å²) >= 11 is 0. The predicted molar refractivity (Wildman–Crippen MR) is 63.3 cm³/mol. The maximum Gasteiger partial charge on any atom is 0.318 e. The van der Waals surface area contributed by atoms with E-state index in [1.807, 2.05) is 25.1 Å². The predicted octanol–water partition coefficient (Wildman–Crippen LogP) is 1.97. The zero-order valence-electron chi connectivity index (χ0n) is 9.68. The molecular weight excluding hydrogens is 218 g/mol. The molecule has 1 fully saturated rings. The first-order valence-electron chi connectivity index (χ1n) is 5.77.